The van der Waals surface area contributed by atoms with Crippen molar-refractivity contribution < 1.29 is 13.2 Å². The van der Waals surface area contributed by atoms with E-state index >= 15 is 0 Å². The highest BCUT2D eigenvalue weighted by atomic mass is 127. The third-order valence-corrected chi connectivity index (χ3v) is 4.84. The molecule has 3 heterocycles. The number of hydrogen-bond acceptors (Lipinski definition) is 3. The van der Waals surface area contributed by atoms with Crippen LogP contribution in [0.15, 0.2) is 29.3 Å². The number of halogens is 4. The molecule has 0 radical (unpaired) electrons. The normalized spacial score (nSPS) is 25.5. The van der Waals surface area contributed by atoms with E-state index in [1.165, 1.54) is 12.1 Å². The van der Waals surface area contributed by atoms with Gasteiger partial charge >= 0.3 is 6.18 Å². The van der Waals surface area contributed by atoms with Gasteiger partial charge in [0, 0.05) is 58.9 Å². The van der Waals surface area contributed by atoms with E-state index in [2.05, 4.69) is 25.4 Å². The lowest BCUT2D eigenvalue weighted by Gasteiger charge is -2.47. The van der Waals surface area contributed by atoms with E-state index < -0.39 is 11.7 Å². The topological polar surface area (TPSA) is 42.9 Å². The summed E-state index contributed by atoms with van der Waals surface area (Å²) >= 11 is 0. The van der Waals surface area contributed by atoms with Gasteiger partial charge in [0.15, 0.2) is 5.96 Å². The molecule has 5 nitrogen and oxygen atoms in total. The van der Waals surface area contributed by atoms with Crippen LogP contribution in [0.2, 0.25) is 0 Å². The van der Waals surface area contributed by atoms with Gasteiger partial charge in [-0.1, -0.05) is 12.1 Å². The second-order valence-electron chi connectivity index (χ2n) is 6.50. The molecule has 26 heavy (non-hydrogen) atoms. The van der Waals surface area contributed by atoms with E-state index in [1.807, 2.05) is 0 Å². The van der Waals surface area contributed by atoms with Crippen molar-refractivity contribution in [2.24, 2.45) is 4.99 Å². The second kappa shape index (κ2) is 9.23. The van der Waals surface area contributed by atoms with Gasteiger partial charge in [-0.3, -0.25) is 14.8 Å². The summed E-state index contributed by atoms with van der Waals surface area (Å²) in [4.78, 5) is 9.10. The zero-order chi connectivity index (χ0) is 17.9. The number of aliphatic imine (C=N–C) groups is 1. The Kier molecular flexibility index (Phi) is 7.53. The molecule has 2 bridgehead atoms. The van der Waals surface area contributed by atoms with Crippen molar-refractivity contribution in [2.45, 2.75) is 18.8 Å². The molecule has 3 aliphatic heterocycles. The predicted octanol–water partition coefficient (Wildman–Crippen LogP) is 1.99. The molecular formula is C17H25F3IN5. The molecule has 2 N–H and O–H groups in total. The summed E-state index contributed by atoms with van der Waals surface area (Å²) in [5.74, 6) is 0.607. The first-order valence-corrected chi connectivity index (χ1v) is 8.53. The molecule has 1 unspecified atom stereocenters. The first-order valence-electron chi connectivity index (χ1n) is 8.53. The van der Waals surface area contributed by atoms with Crippen LogP contribution in [-0.2, 0) is 12.7 Å². The summed E-state index contributed by atoms with van der Waals surface area (Å²) in [6, 6.07) is 5.80. The Morgan fingerprint density at radius 1 is 1.19 bits per heavy atom. The van der Waals surface area contributed by atoms with Crippen LogP contribution in [0.3, 0.4) is 0 Å². The molecule has 1 atom stereocenters. The van der Waals surface area contributed by atoms with Crippen molar-refractivity contribution in [3.63, 3.8) is 0 Å². The monoisotopic (exact) mass is 483 g/mol. The van der Waals surface area contributed by atoms with Gasteiger partial charge in [-0.05, 0) is 17.7 Å². The Bertz CT molecular complexity index is 615. The molecule has 9 heteroatoms. The minimum atomic E-state index is -4.32. The molecule has 0 aromatic heterocycles. The first kappa shape index (κ1) is 21.2. The number of piperazine rings is 3. The SMILES string of the molecule is CN=C(NCc1cccc(C(F)(F)F)c1)NCC1CN2CCN1CC2.I. The van der Waals surface area contributed by atoms with Crippen LogP contribution >= 0.6 is 24.0 Å². The van der Waals surface area contributed by atoms with E-state index in [0.717, 1.165) is 45.3 Å². The Hall–Kier alpha value is -1.07. The fourth-order valence-corrected chi connectivity index (χ4v) is 3.40. The molecule has 1 aromatic rings. The maximum Gasteiger partial charge on any atom is 0.416 e. The summed E-state index contributed by atoms with van der Waals surface area (Å²) in [5, 5.41) is 6.37. The van der Waals surface area contributed by atoms with Crippen molar-refractivity contribution in [1.29, 1.82) is 0 Å². The fourth-order valence-electron chi connectivity index (χ4n) is 3.40. The maximum absolute atomic E-state index is 12.8. The van der Waals surface area contributed by atoms with Crippen molar-refractivity contribution in [3.05, 3.63) is 35.4 Å². The first-order chi connectivity index (χ1) is 12.0. The zero-order valence-corrected chi connectivity index (χ0v) is 17.1. The number of hydrogen-bond donors (Lipinski definition) is 2. The Balaban J connectivity index is 0.00000243. The minimum absolute atomic E-state index is 0. The summed E-state index contributed by atoms with van der Waals surface area (Å²) in [6.07, 6.45) is -4.32. The minimum Gasteiger partial charge on any atom is -0.355 e. The Labute approximate surface area is 169 Å². The van der Waals surface area contributed by atoms with Crippen LogP contribution in [0.4, 0.5) is 13.2 Å². The standard InChI is InChI=1S/C17H24F3N5.HI/c1-21-16(23-11-15-12-24-5-7-25(15)8-6-24)22-10-13-3-2-4-14(9-13)17(18,19)20;/h2-4,9,15H,5-8,10-12H2,1H3,(H2,21,22,23);1H. The lowest BCUT2D eigenvalue weighted by Crippen LogP contribution is -2.63. The van der Waals surface area contributed by atoms with Crippen molar-refractivity contribution in [1.82, 2.24) is 20.4 Å². The van der Waals surface area contributed by atoms with Gasteiger partial charge in [0.1, 0.15) is 0 Å². The van der Waals surface area contributed by atoms with E-state index in [0.29, 0.717) is 24.1 Å². The molecular weight excluding hydrogens is 458 g/mol. The van der Waals surface area contributed by atoms with Crippen LogP contribution < -0.4 is 10.6 Å². The lowest BCUT2D eigenvalue weighted by atomic mass is 10.1. The van der Waals surface area contributed by atoms with E-state index in [9.17, 15) is 13.2 Å². The van der Waals surface area contributed by atoms with Crippen LogP contribution in [0.1, 0.15) is 11.1 Å². The number of rotatable bonds is 4. The number of guanidine groups is 1. The van der Waals surface area contributed by atoms with Gasteiger partial charge in [0.2, 0.25) is 0 Å². The van der Waals surface area contributed by atoms with Gasteiger partial charge in [-0.15, -0.1) is 24.0 Å². The van der Waals surface area contributed by atoms with Crippen LogP contribution in [-0.4, -0.2) is 68.1 Å². The third kappa shape index (κ3) is 5.46. The molecule has 3 aliphatic rings. The maximum atomic E-state index is 12.8. The number of nitrogens with zero attached hydrogens (tertiary/aromatic N) is 3. The fraction of sp³-hybridized carbons (Fsp3) is 0.588. The lowest BCUT2D eigenvalue weighted by molar-refractivity contribution is -0.137. The van der Waals surface area contributed by atoms with E-state index in [-0.39, 0.29) is 24.0 Å². The van der Waals surface area contributed by atoms with Crippen molar-refractivity contribution in [3.8, 4) is 0 Å². The summed E-state index contributed by atoms with van der Waals surface area (Å²) in [6.45, 7) is 6.60. The largest absolute Gasteiger partial charge is 0.416 e. The highest BCUT2D eigenvalue weighted by Gasteiger charge is 2.32. The molecule has 146 valence electrons. The van der Waals surface area contributed by atoms with E-state index in [4.69, 9.17) is 0 Å². The molecule has 3 saturated heterocycles. The highest BCUT2D eigenvalue weighted by molar-refractivity contribution is 14.0. The molecule has 4 rings (SSSR count). The van der Waals surface area contributed by atoms with Crippen molar-refractivity contribution in [2.75, 3.05) is 46.3 Å². The average molecular weight is 483 g/mol. The molecule has 0 aliphatic carbocycles. The number of alkyl halides is 3. The molecule has 0 saturated carbocycles. The van der Waals surface area contributed by atoms with Gasteiger partial charge in [-0.25, -0.2) is 0 Å². The average Bonchev–Trinajstić information content (AvgIpc) is 2.62. The molecule has 1 aromatic carbocycles. The molecule has 3 fully saturated rings. The summed E-state index contributed by atoms with van der Waals surface area (Å²) in [5.41, 5.74) is -0.0563. The third-order valence-electron chi connectivity index (χ3n) is 4.84. The number of nitrogens with one attached hydrogen (secondary N) is 2. The Morgan fingerprint density at radius 2 is 1.92 bits per heavy atom. The van der Waals surface area contributed by atoms with Crippen LogP contribution in [0.25, 0.3) is 0 Å². The van der Waals surface area contributed by atoms with E-state index in [1.54, 1.807) is 13.1 Å². The molecule has 0 spiro atoms. The zero-order valence-electron chi connectivity index (χ0n) is 14.7. The van der Waals surface area contributed by atoms with Gasteiger partial charge < -0.3 is 10.6 Å². The predicted molar refractivity (Wildman–Crippen MR) is 107 cm³/mol. The second-order valence-corrected chi connectivity index (χ2v) is 6.50. The van der Waals surface area contributed by atoms with Crippen LogP contribution in [0.5, 0.6) is 0 Å². The number of fused-ring (bicyclic) bond motifs is 3. The summed E-state index contributed by atoms with van der Waals surface area (Å²) in [7, 11) is 1.66. The summed E-state index contributed by atoms with van der Waals surface area (Å²) < 4.78 is 38.3. The van der Waals surface area contributed by atoms with Gasteiger partial charge in [-0.2, -0.15) is 13.2 Å². The van der Waals surface area contributed by atoms with Crippen molar-refractivity contribution >= 4 is 29.9 Å². The smallest absolute Gasteiger partial charge is 0.355 e. The highest BCUT2D eigenvalue weighted by Crippen LogP contribution is 2.29. The van der Waals surface area contributed by atoms with Gasteiger partial charge in [0.05, 0.1) is 5.56 Å². The Morgan fingerprint density at radius 3 is 2.50 bits per heavy atom. The van der Waals surface area contributed by atoms with Crippen LogP contribution in [0, 0.1) is 0 Å². The molecule has 0 amide bonds. The quantitative estimate of drug-likeness (QED) is 0.391. The van der Waals surface area contributed by atoms with Gasteiger partial charge in [0.25, 0.3) is 0 Å². The number of benzene rings is 1.